The summed E-state index contributed by atoms with van der Waals surface area (Å²) in [6.07, 6.45) is 2.24. The Hall–Kier alpha value is -2.22. The molecule has 2 N–H and O–H groups in total. The molecular weight excluding hydrogens is 371 g/mol. The van der Waals surface area contributed by atoms with E-state index in [1.165, 1.54) is 12.1 Å². The van der Waals surface area contributed by atoms with E-state index in [1.54, 1.807) is 6.07 Å². The molecule has 0 fully saturated rings. The SMILES string of the molecule is O=C(O)CCCCNC(=O)c1coc(-c2ccc(Br)cc2F)n1. The minimum atomic E-state index is -0.867. The largest absolute Gasteiger partial charge is 0.481 e. The number of carboxylic acid groups (broad SMARTS) is 1. The predicted octanol–water partition coefficient (Wildman–Crippen LogP) is 3.23. The third kappa shape index (κ3) is 4.88. The zero-order valence-corrected chi connectivity index (χ0v) is 13.6. The molecule has 0 radical (unpaired) electrons. The van der Waals surface area contributed by atoms with Gasteiger partial charge in [0.25, 0.3) is 5.91 Å². The lowest BCUT2D eigenvalue weighted by molar-refractivity contribution is -0.137. The van der Waals surface area contributed by atoms with Crippen molar-refractivity contribution in [2.24, 2.45) is 0 Å². The van der Waals surface area contributed by atoms with Crippen LogP contribution in [0, 0.1) is 5.82 Å². The molecule has 0 aliphatic rings. The monoisotopic (exact) mass is 384 g/mol. The van der Waals surface area contributed by atoms with Crippen LogP contribution in [0.15, 0.2) is 33.4 Å². The quantitative estimate of drug-likeness (QED) is 0.714. The van der Waals surface area contributed by atoms with Crippen molar-refractivity contribution in [2.45, 2.75) is 19.3 Å². The molecule has 0 aliphatic carbocycles. The number of aromatic nitrogens is 1. The van der Waals surface area contributed by atoms with Gasteiger partial charge in [0.2, 0.25) is 5.89 Å². The van der Waals surface area contributed by atoms with Gasteiger partial charge in [0.15, 0.2) is 5.69 Å². The highest BCUT2D eigenvalue weighted by Crippen LogP contribution is 2.24. The number of unbranched alkanes of at least 4 members (excludes halogenated alkanes) is 1. The van der Waals surface area contributed by atoms with E-state index in [1.807, 2.05) is 0 Å². The second kappa shape index (κ2) is 7.87. The molecule has 23 heavy (non-hydrogen) atoms. The van der Waals surface area contributed by atoms with Crippen molar-refractivity contribution in [3.8, 4) is 11.5 Å². The summed E-state index contributed by atoms with van der Waals surface area (Å²) >= 11 is 3.16. The van der Waals surface area contributed by atoms with Crippen LogP contribution >= 0.6 is 15.9 Å². The summed E-state index contributed by atoms with van der Waals surface area (Å²) in [5, 5.41) is 11.1. The topological polar surface area (TPSA) is 92.4 Å². The molecule has 122 valence electrons. The standard InChI is InChI=1S/C15H14BrFN2O4/c16-9-4-5-10(11(17)7-9)15-19-12(8-23-15)14(22)18-6-2-1-3-13(20)21/h4-5,7-8H,1-3,6H2,(H,18,22)(H,20,21). The van der Waals surface area contributed by atoms with E-state index in [0.29, 0.717) is 23.9 Å². The summed E-state index contributed by atoms with van der Waals surface area (Å²) in [4.78, 5) is 26.2. The van der Waals surface area contributed by atoms with E-state index < -0.39 is 17.7 Å². The van der Waals surface area contributed by atoms with Crippen LogP contribution in [0.2, 0.25) is 0 Å². The molecule has 2 aromatic rings. The molecule has 0 atom stereocenters. The maximum Gasteiger partial charge on any atom is 0.303 e. The Kier molecular flexibility index (Phi) is 5.86. The molecule has 1 amide bonds. The number of aliphatic carboxylic acids is 1. The van der Waals surface area contributed by atoms with Crippen molar-refractivity contribution < 1.29 is 23.5 Å². The molecule has 0 bridgehead atoms. The number of carbonyl (C=O) groups is 2. The van der Waals surface area contributed by atoms with Crippen LogP contribution in [0.25, 0.3) is 11.5 Å². The Bertz CT molecular complexity index is 717. The summed E-state index contributed by atoms with van der Waals surface area (Å²) in [5.41, 5.74) is 0.203. The average molecular weight is 385 g/mol. The number of carboxylic acids is 1. The fourth-order valence-corrected chi connectivity index (χ4v) is 2.19. The molecule has 0 unspecified atom stereocenters. The smallest absolute Gasteiger partial charge is 0.303 e. The van der Waals surface area contributed by atoms with Crippen molar-refractivity contribution in [2.75, 3.05) is 6.54 Å². The Morgan fingerprint density at radius 3 is 2.83 bits per heavy atom. The number of rotatable bonds is 7. The van der Waals surface area contributed by atoms with Gasteiger partial charge in [0.1, 0.15) is 12.1 Å². The van der Waals surface area contributed by atoms with Crippen LogP contribution < -0.4 is 5.32 Å². The van der Waals surface area contributed by atoms with E-state index in [9.17, 15) is 14.0 Å². The Labute approximate surface area is 139 Å². The van der Waals surface area contributed by atoms with Gasteiger partial charge in [0, 0.05) is 17.4 Å². The van der Waals surface area contributed by atoms with Gasteiger partial charge in [-0.2, -0.15) is 0 Å². The highest BCUT2D eigenvalue weighted by atomic mass is 79.9. The Balaban J connectivity index is 1.93. The third-order valence-electron chi connectivity index (χ3n) is 3.00. The van der Waals surface area contributed by atoms with Crippen LogP contribution in [0.4, 0.5) is 4.39 Å². The highest BCUT2D eigenvalue weighted by Gasteiger charge is 2.15. The lowest BCUT2D eigenvalue weighted by Gasteiger charge is -2.01. The molecule has 6 nitrogen and oxygen atoms in total. The van der Waals surface area contributed by atoms with Crippen LogP contribution in [0.1, 0.15) is 29.8 Å². The maximum atomic E-state index is 13.8. The van der Waals surface area contributed by atoms with Crippen LogP contribution in [0.3, 0.4) is 0 Å². The molecule has 0 saturated heterocycles. The predicted molar refractivity (Wildman–Crippen MR) is 83.4 cm³/mol. The third-order valence-corrected chi connectivity index (χ3v) is 3.49. The first-order valence-corrected chi connectivity index (χ1v) is 7.67. The number of nitrogens with zero attached hydrogens (tertiary/aromatic N) is 1. The Morgan fingerprint density at radius 2 is 2.13 bits per heavy atom. The first-order chi connectivity index (χ1) is 11.0. The molecule has 0 spiro atoms. The lowest BCUT2D eigenvalue weighted by atomic mass is 10.2. The van der Waals surface area contributed by atoms with E-state index in [2.05, 4.69) is 26.2 Å². The van der Waals surface area contributed by atoms with Crippen LogP contribution in [-0.2, 0) is 4.79 Å². The normalized spacial score (nSPS) is 10.5. The van der Waals surface area contributed by atoms with Gasteiger partial charge in [-0.05, 0) is 31.0 Å². The van der Waals surface area contributed by atoms with E-state index in [0.717, 1.165) is 6.26 Å². The van der Waals surface area contributed by atoms with Gasteiger partial charge in [-0.25, -0.2) is 9.37 Å². The molecule has 1 aromatic heterocycles. The maximum absolute atomic E-state index is 13.8. The molecule has 8 heteroatoms. The van der Waals surface area contributed by atoms with Gasteiger partial charge < -0.3 is 14.8 Å². The summed E-state index contributed by atoms with van der Waals surface area (Å²) in [6, 6.07) is 4.42. The van der Waals surface area contributed by atoms with Crippen molar-refractivity contribution in [1.29, 1.82) is 0 Å². The van der Waals surface area contributed by atoms with Gasteiger partial charge in [-0.1, -0.05) is 15.9 Å². The van der Waals surface area contributed by atoms with Crippen LogP contribution in [0.5, 0.6) is 0 Å². The zero-order chi connectivity index (χ0) is 16.8. The van der Waals surface area contributed by atoms with Crippen molar-refractivity contribution in [1.82, 2.24) is 10.3 Å². The Morgan fingerprint density at radius 1 is 1.35 bits per heavy atom. The number of oxazole rings is 1. The van der Waals surface area contributed by atoms with Gasteiger partial charge in [-0.15, -0.1) is 0 Å². The van der Waals surface area contributed by atoms with Crippen LogP contribution in [-0.4, -0.2) is 28.5 Å². The number of hydrogen-bond donors (Lipinski definition) is 2. The van der Waals surface area contributed by atoms with Gasteiger partial charge in [0.05, 0.1) is 5.56 Å². The minimum absolute atomic E-state index is 0.0195. The average Bonchev–Trinajstić information content (AvgIpc) is 2.96. The van der Waals surface area contributed by atoms with Gasteiger partial charge >= 0.3 is 5.97 Å². The summed E-state index contributed by atoms with van der Waals surface area (Å²) < 4.78 is 19.6. The van der Waals surface area contributed by atoms with Crippen molar-refractivity contribution >= 4 is 27.8 Å². The molecule has 1 heterocycles. The second-order valence-electron chi connectivity index (χ2n) is 4.77. The number of hydrogen-bond acceptors (Lipinski definition) is 4. The van der Waals surface area contributed by atoms with Gasteiger partial charge in [-0.3, -0.25) is 9.59 Å². The zero-order valence-electron chi connectivity index (χ0n) is 12.0. The summed E-state index contributed by atoms with van der Waals surface area (Å²) in [5.74, 6) is -1.81. The number of amides is 1. The molecule has 2 rings (SSSR count). The highest BCUT2D eigenvalue weighted by molar-refractivity contribution is 9.10. The molecule has 1 aromatic carbocycles. The first kappa shape index (κ1) is 17.1. The van der Waals surface area contributed by atoms with Crippen molar-refractivity contribution in [3.05, 3.63) is 40.4 Å². The second-order valence-corrected chi connectivity index (χ2v) is 5.68. The first-order valence-electron chi connectivity index (χ1n) is 6.88. The fourth-order valence-electron chi connectivity index (χ4n) is 1.86. The van der Waals surface area contributed by atoms with Crippen molar-refractivity contribution in [3.63, 3.8) is 0 Å². The number of benzene rings is 1. The van der Waals surface area contributed by atoms with E-state index in [4.69, 9.17) is 9.52 Å². The molecule has 0 aliphatic heterocycles. The summed E-state index contributed by atoms with van der Waals surface area (Å²) in [7, 11) is 0. The molecular formula is C15H14BrFN2O4. The number of nitrogens with one attached hydrogen (secondary N) is 1. The lowest BCUT2D eigenvalue weighted by Crippen LogP contribution is -2.24. The number of carbonyl (C=O) groups excluding carboxylic acids is 1. The fraction of sp³-hybridized carbons (Fsp3) is 0.267. The van der Waals surface area contributed by atoms with E-state index in [-0.39, 0.29) is 23.6 Å². The minimum Gasteiger partial charge on any atom is -0.481 e. The number of halogens is 2. The molecule has 0 saturated carbocycles. The van der Waals surface area contributed by atoms with E-state index >= 15 is 0 Å². The summed E-state index contributed by atoms with van der Waals surface area (Å²) in [6.45, 7) is 0.334.